The molecule has 2 amide bonds. The smallest absolute Gasteiger partial charge is 0.410 e. The third-order valence-electron chi connectivity index (χ3n) is 8.22. The molecule has 0 saturated carbocycles. The lowest BCUT2D eigenvalue weighted by molar-refractivity contribution is -0.121. The number of carbonyl (C=O) groups is 2. The van der Waals surface area contributed by atoms with Crippen LogP contribution in [0.25, 0.3) is 10.9 Å². The number of benzene rings is 4. The summed E-state index contributed by atoms with van der Waals surface area (Å²) in [6, 6.07) is 37.1. The summed E-state index contributed by atoms with van der Waals surface area (Å²) in [5.41, 5.74) is 2.52. The van der Waals surface area contributed by atoms with E-state index in [0.717, 1.165) is 38.5 Å². The van der Waals surface area contributed by atoms with Gasteiger partial charge < -0.3 is 15.0 Å². The van der Waals surface area contributed by atoms with E-state index in [1.165, 1.54) is 0 Å². The molecule has 230 valence electrons. The van der Waals surface area contributed by atoms with Crippen LogP contribution in [0.4, 0.5) is 10.6 Å². The monoisotopic (exact) mass is 664 g/mol. The number of fused-ring (bicyclic) bond motifs is 1. The molecule has 1 fully saturated rings. The van der Waals surface area contributed by atoms with Crippen molar-refractivity contribution >= 4 is 44.7 Å². The molecule has 5 aromatic rings. The molecule has 0 radical (unpaired) electrons. The van der Waals surface area contributed by atoms with E-state index in [2.05, 4.69) is 57.6 Å². The fraction of sp³-hybridized carbons (Fsp3) is 0.270. The Labute approximate surface area is 272 Å². The van der Waals surface area contributed by atoms with E-state index >= 15 is 0 Å². The Morgan fingerprint density at radius 1 is 0.844 bits per heavy atom. The van der Waals surface area contributed by atoms with Gasteiger partial charge in [-0.15, -0.1) is 0 Å². The average Bonchev–Trinajstić information content (AvgIpc) is 3.39. The van der Waals surface area contributed by atoms with Crippen molar-refractivity contribution in [3.63, 3.8) is 0 Å². The van der Waals surface area contributed by atoms with E-state index in [4.69, 9.17) is 9.84 Å². The maximum atomic E-state index is 13.9. The molecule has 0 aliphatic carbocycles. The van der Waals surface area contributed by atoms with Crippen LogP contribution in [0.15, 0.2) is 114 Å². The van der Waals surface area contributed by atoms with Crippen LogP contribution < -0.4 is 5.32 Å². The Morgan fingerprint density at radius 2 is 1.40 bits per heavy atom. The summed E-state index contributed by atoms with van der Waals surface area (Å²) >= 11 is 3.64. The van der Waals surface area contributed by atoms with E-state index in [9.17, 15) is 9.59 Å². The van der Waals surface area contributed by atoms with Gasteiger partial charge in [0.05, 0.1) is 11.4 Å². The minimum atomic E-state index is -0.850. The number of piperidine rings is 1. The summed E-state index contributed by atoms with van der Waals surface area (Å²) in [6.07, 6.45) is 1.00. The van der Waals surface area contributed by atoms with Crippen LogP contribution >= 0.6 is 15.9 Å². The number of ether oxygens (including phenoxy) is 1. The highest BCUT2D eigenvalue weighted by atomic mass is 79.9. The van der Waals surface area contributed by atoms with Crippen LogP contribution in [0.5, 0.6) is 0 Å². The van der Waals surface area contributed by atoms with Crippen molar-refractivity contribution in [1.82, 2.24) is 14.7 Å². The molecule has 1 atom stereocenters. The third kappa shape index (κ3) is 6.12. The number of rotatable bonds is 6. The zero-order valence-electron chi connectivity index (χ0n) is 25.7. The van der Waals surface area contributed by atoms with Crippen LogP contribution in [0.3, 0.4) is 0 Å². The van der Waals surface area contributed by atoms with Crippen LogP contribution in [-0.4, -0.2) is 45.4 Å². The largest absolute Gasteiger partial charge is 0.444 e. The summed E-state index contributed by atoms with van der Waals surface area (Å²) in [5.74, 6) is -0.0851. The molecule has 6 rings (SSSR count). The summed E-state index contributed by atoms with van der Waals surface area (Å²) in [6.45, 7) is 6.40. The van der Waals surface area contributed by atoms with Crippen molar-refractivity contribution in [3.05, 3.63) is 130 Å². The standard InChI is InChI=1S/C37H37BrN4O3/c1-36(2,3)45-35(44)41-23-13-14-26(25-41)34(43)39-33-31-24-30(38)21-22-32(31)42(40-33)37(27-15-7-4-8-16-27,28-17-9-5-10-18-28)29-19-11-6-12-20-29/h4-12,15-22,24,26H,13-14,23,25H2,1-3H3,(H,39,40,43)/t26-/m0/s1. The van der Waals surface area contributed by atoms with Gasteiger partial charge in [-0.1, -0.05) is 107 Å². The number of amides is 2. The van der Waals surface area contributed by atoms with Crippen molar-refractivity contribution < 1.29 is 14.3 Å². The van der Waals surface area contributed by atoms with Crippen LogP contribution in [-0.2, 0) is 15.1 Å². The lowest BCUT2D eigenvalue weighted by Crippen LogP contribution is -2.45. The van der Waals surface area contributed by atoms with Crippen molar-refractivity contribution in [1.29, 1.82) is 0 Å². The average molecular weight is 666 g/mol. The maximum absolute atomic E-state index is 13.9. The first-order valence-corrected chi connectivity index (χ1v) is 16.1. The first-order chi connectivity index (χ1) is 21.7. The molecule has 8 heteroatoms. The quantitative estimate of drug-likeness (QED) is 0.186. The molecular formula is C37H37BrN4O3. The molecule has 1 N–H and O–H groups in total. The summed E-state index contributed by atoms with van der Waals surface area (Å²) in [5, 5.41) is 9.20. The molecule has 7 nitrogen and oxygen atoms in total. The highest BCUT2D eigenvalue weighted by molar-refractivity contribution is 9.10. The van der Waals surface area contributed by atoms with E-state index in [1.807, 2.05) is 98.2 Å². The number of nitrogens with zero attached hydrogens (tertiary/aromatic N) is 3. The summed E-state index contributed by atoms with van der Waals surface area (Å²) in [7, 11) is 0. The molecule has 2 heterocycles. The van der Waals surface area contributed by atoms with Gasteiger partial charge in [-0.25, -0.2) is 9.48 Å². The van der Waals surface area contributed by atoms with E-state index < -0.39 is 17.2 Å². The molecule has 0 bridgehead atoms. The van der Waals surface area contributed by atoms with E-state index in [1.54, 1.807) is 4.90 Å². The van der Waals surface area contributed by atoms with Crippen molar-refractivity contribution in [2.45, 2.75) is 44.8 Å². The van der Waals surface area contributed by atoms with Crippen LogP contribution in [0, 0.1) is 5.92 Å². The van der Waals surface area contributed by atoms with Gasteiger partial charge in [-0.3, -0.25) is 4.79 Å². The van der Waals surface area contributed by atoms with Crippen molar-refractivity contribution in [2.75, 3.05) is 18.4 Å². The predicted molar refractivity (Wildman–Crippen MR) is 181 cm³/mol. The topological polar surface area (TPSA) is 76.5 Å². The zero-order chi connectivity index (χ0) is 31.6. The second kappa shape index (κ2) is 12.5. The predicted octanol–water partition coefficient (Wildman–Crippen LogP) is 8.22. The molecule has 45 heavy (non-hydrogen) atoms. The number of nitrogens with one attached hydrogen (secondary N) is 1. The molecule has 4 aromatic carbocycles. The molecule has 1 aliphatic rings. The lowest BCUT2D eigenvalue weighted by Gasteiger charge is -2.37. The van der Waals surface area contributed by atoms with Gasteiger partial charge in [0.2, 0.25) is 5.91 Å². The Bertz CT molecular complexity index is 1700. The summed E-state index contributed by atoms with van der Waals surface area (Å²) < 4.78 is 8.51. The number of likely N-dealkylation sites (tertiary alicyclic amines) is 1. The Hall–Kier alpha value is -4.43. The van der Waals surface area contributed by atoms with E-state index in [-0.39, 0.29) is 11.8 Å². The number of hydrogen-bond donors (Lipinski definition) is 1. The van der Waals surface area contributed by atoms with Crippen molar-refractivity contribution in [2.24, 2.45) is 5.92 Å². The Balaban J connectivity index is 1.47. The molecule has 1 saturated heterocycles. The molecule has 1 aliphatic heterocycles. The molecule has 0 spiro atoms. The fourth-order valence-corrected chi connectivity index (χ4v) is 6.61. The van der Waals surface area contributed by atoms with Crippen molar-refractivity contribution in [3.8, 4) is 0 Å². The normalized spacial score (nSPS) is 15.6. The minimum absolute atomic E-state index is 0.167. The molecular weight excluding hydrogens is 628 g/mol. The fourth-order valence-electron chi connectivity index (χ4n) is 6.25. The van der Waals surface area contributed by atoms with Gasteiger partial charge in [0, 0.05) is 22.9 Å². The Morgan fingerprint density at radius 3 is 1.93 bits per heavy atom. The van der Waals surface area contributed by atoms with Gasteiger partial charge >= 0.3 is 6.09 Å². The van der Waals surface area contributed by atoms with E-state index in [0.29, 0.717) is 25.3 Å². The number of carbonyl (C=O) groups excluding carboxylic acids is 2. The first kappa shape index (κ1) is 30.6. The van der Waals surface area contributed by atoms with Gasteiger partial charge in [0.1, 0.15) is 11.1 Å². The van der Waals surface area contributed by atoms with Gasteiger partial charge in [0.15, 0.2) is 5.82 Å². The maximum Gasteiger partial charge on any atom is 0.410 e. The molecule has 0 unspecified atom stereocenters. The highest BCUT2D eigenvalue weighted by Gasteiger charge is 2.41. The number of hydrogen-bond acceptors (Lipinski definition) is 4. The first-order valence-electron chi connectivity index (χ1n) is 15.3. The second-order valence-electron chi connectivity index (χ2n) is 12.5. The summed E-state index contributed by atoms with van der Waals surface area (Å²) in [4.78, 5) is 28.3. The number of halogens is 1. The lowest BCUT2D eigenvalue weighted by atomic mass is 9.77. The molecule has 1 aromatic heterocycles. The second-order valence-corrected chi connectivity index (χ2v) is 13.4. The minimum Gasteiger partial charge on any atom is -0.444 e. The third-order valence-corrected chi connectivity index (χ3v) is 8.71. The van der Waals surface area contributed by atoms with Gasteiger partial charge in [-0.2, -0.15) is 5.10 Å². The SMILES string of the molecule is CC(C)(C)OC(=O)N1CCC[C@H](C(=O)Nc2nn(C(c3ccccc3)(c3ccccc3)c3ccccc3)c3ccc(Br)cc23)C1. The van der Waals surface area contributed by atoms with Crippen LogP contribution in [0.1, 0.15) is 50.3 Å². The highest BCUT2D eigenvalue weighted by Crippen LogP contribution is 2.43. The van der Waals surface area contributed by atoms with Gasteiger partial charge in [-0.05, 0) is 68.5 Å². The number of anilines is 1. The number of aromatic nitrogens is 2. The van der Waals surface area contributed by atoms with Gasteiger partial charge in [0.25, 0.3) is 0 Å². The van der Waals surface area contributed by atoms with Crippen LogP contribution in [0.2, 0.25) is 0 Å². The Kier molecular flexibility index (Phi) is 8.51. The zero-order valence-corrected chi connectivity index (χ0v) is 27.3.